The van der Waals surface area contributed by atoms with Crippen molar-refractivity contribution in [2.24, 2.45) is 0 Å². The molecule has 6 nitrogen and oxygen atoms in total. The standard InChI is InChI=1S/C19H29N3O3/c23-16-7-4-12-25-19(16)8-10-22(11-9-19)18(24)15-13-20-21-17(15)14-5-2-1-3-6-14/h13-14,16,23H,1-12H2,(H,20,21). The first-order valence-electron chi connectivity index (χ1n) is 9.84. The number of piperidine rings is 1. The number of aliphatic hydroxyl groups is 1. The van der Waals surface area contributed by atoms with Crippen LogP contribution in [0.1, 0.15) is 79.8 Å². The molecule has 25 heavy (non-hydrogen) atoms. The van der Waals surface area contributed by atoms with Gasteiger partial charge in [0.2, 0.25) is 0 Å². The summed E-state index contributed by atoms with van der Waals surface area (Å²) in [5.74, 6) is 0.518. The molecule has 1 spiro atoms. The highest BCUT2D eigenvalue weighted by molar-refractivity contribution is 5.95. The lowest BCUT2D eigenvalue weighted by Gasteiger charge is -2.46. The van der Waals surface area contributed by atoms with Gasteiger partial charge in [0, 0.05) is 25.6 Å². The minimum atomic E-state index is -0.433. The molecule has 1 amide bonds. The van der Waals surface area contributed by atoms with E-state index in [0.717, 1.165) is 56.4 Å². The Morgan fingerprint density at radius 2 is 1.96 bits per heavy atom. The second-order valence-electron chi connectivity index (χ2n) is 7.90. The van der Waals surface area contributed by atoms with E-state index in [2.05, 4.69) is 10.2 Å². The molecule has 0 aromatic carbocycles. The average molecular weight is 347 g/mol. The maximum absolute atomic E-state index is 13.0. The summed E-state index contributed by atoms with van der Waals surface area (Å²) in [4.78, 5) is 14.9. The number of hydrogen-bond donors (Lipinski definition) is 2. The molecular formula is C19H29N3O3. The van der Waals surface area contributed by atoms with Gasteiger partial charge in [0.25, 0.3) is 5.91 Å². The van der Waals surface area contributed by atoms with Crippen LogP contribution in [0.15, 0.2) is 6.20 Å². The third kappa shape index (κ3) is 3.22. The summed E-state index contributed by atoms with van der Waals surface area (Å²) in [5.41, 5.74) is 1.34. The molecular weight excluding hydrogens is 318 g/mol. The predicted molar refractivity (Wildman–Crippen MR) is 93.5 cm³/mol. The number of aromatic amines is 1. The molecule has 4 rings (SSSR count). The van der Waals surface area contributed by atoms with Crippen LogP contribution in [0.3, 0.4) is 0 Å². The van der Waals surface area contributed by atoms with Gasteiger partial charge in [-0.25, -0.2) is 0 Å². The minimum absolute atomic E-state index is 0.0782. The molecule has 2 N–H and O–H groups in total. The maximum atomic E-state index is 13.0. The molecule has 1 unspecified atom stereocenters. The summed E-state index contributed by atoms with van der Waals surface area (Å²) in [6.45, 7) is 2.01. The van der Waals surface area contributed by atoms with Gasteiger partial charge in [-0.15, -0.1) is 0 Å². The van der Waals surface area contributed by atoms with Gasteiger partial charge in [-0.05, 0) is 38.5 Å². The fourth-order valence-electron chi connectivity index (χ4n) is 4.82. The van der Waals surface area contributed by atoms with Crippen LogP contribution in [0.2, 0.25) is 0 Å². The van der Waals surface area contributed by atoms with Gasteiger partial charge in [-0.3, -0.25) is 9.89 Å². The third-order valence-electron chi connectivity index (χ3n) is 6.43. The first-order chi connectivity index (χ1) is 12.2. The number of rotatable bonds is 2. The number of likely N-dealkylation sites (tertiary alicyclic amines) is 1. The molecule has 1 aromatic rings. The van der Waals surface area contributed by atoms with Gasteiger partial charge in [0.1, 0.15) is 0 Å². The molecule has 0 radical (unpaired) electrons. The lowest BCUT2D eigenvalue weighted by atomic mass is 9.81. The van der Waals surface area contributed by atoms with Crippen molar-refractivity contribution in [3.63, 3.8) is 0 Å². The van der Waals surface area contributed by atoms with Crippen molar-refractivity contribution in [2.45, 2.75) is 75.4 Å². The van der Waals surface area contributed by atoms with Crippen molar-refractivity contribution in [3.8, 4) is 0 Å². The van der Waals surface area contributed by atoms with Crippen molar-refractivity contribution in [1.82, 2.24) is 15.1 Å². The Bertz CT molecular complexity index is 601. The Hall–Kier alpha value is -1.40. The zero-order valence-corrected chi connectivity index (χ0v) is 14.9. The van der Waals surface area contributed by atoms with E-state index >= 15 is 0 Å². The van der Waals surface area contributed by atoms with Crippen molar-refractivity contribution in [1.29, 1.82) is 0 Å². The van der Waals surface area contributed by atoms with Crippen LogP contribution in [0.5, 0.6) is 0 Å². The number of aromatic nitrogens is 2. The fraction of sp³-hybridized carbons (Fsp3) is 0.789. The molecule has 1 aromatic heterocycles. The summed E-state index contributed by atoms with van der Waals surface area (Å²) in [5, 5.41) is 17.6. The molecule has 1 saturated carbocycles. The number of aliphatic hydroxyl groups excluding tert-OH is 1. The Balaban J connectivity index is 1.43. The second-order valence-corrected chi connectivity index (χ2v) is 7.90. The van der Waals surface area contributed by atoms with E-state index in [9.17, 15) is 9.90 Å². The van der Waals surface area contributed by atoms with Crippen molar-refractivity contribution in [3.05, 3.63) is 17.5 Å². The highest BCUT2D eigenvalue weighted by Crippen LogP contribution is 2.37. The van der Waals surface area contributed by atoms with Gasteiger partial charge in [-0.1, -0.05) is 19.3 Å². The van der Waals surface area contributed by atoms with Crippen LogP contribution in [0.4, 0.5) is 0 Å². The number of amides is 1. The van der Waals surface area contributed by atoms with Crippen LogP contribution in [0.25, 0.3) is 0 Å². The molecule has 0 bridgehead atoms. The Kier molecular flexibility index (Phi) is 4.82. The zero-order chi connectivity index (χ0) is 17.3. The number of nitrogens with zero attached hydrogens (tertiary/aromatic N) is 2. The lowest BCUT2D eigenvalue weighted by Crippen LogP contribution is -2.56. The van der Waals surface area contributed by atoms with Gasteiger partial charge >= 0.3 is 0 Å². The van der Waals surface area contributed by atoms with E-state index in [1.165, 1.54) is 19.3 Å². The molecule has 1 aliphatic carbocycles. The summed E-state index contributed by atoms with van der Waals surface area (Å²) in [6.07, 6.45) is 10.5. The summed E-state index contributed by atoms with van der Waals surface area (Å²) in [7, 11) is 0. The number of carbonyl (C=O) groups is 1. The molecule has 2 aliphatic heterocycles. The minimum Gasteiger partial charge on any atom is -0.390 e. The first-order valence-corrected chi connectivity index (χ1v) is 9.84. The second kappa shape index (κ2) is 7.08. The van der Waals surface area contributed by atoms with Gasteiger partial charge < -0.3 is 14.7 Å². The Morgan fingerprint density at radius 3 is 2.68 bits per heavy atom. The lowest BCUT2D eigenvalue weighted by molar-refractivity contribution is -0.174. The van der Waals surface area contributed by atoms with Crippen LogP contribution < -0.4 is 0 Å². The van der Waals surface area contributed by atoms with Crippen LogP contribution in [-0.4, -0.2) is 57.5 Å². The first kappa shape index (κ1) is 17.0. The largest absolute Gasteiger partial charge is 0.390 e. The van der Waals surface area contributed by atoms with E-state index in [0.29, 0.717) is 19.0 Å². The number of nitrogens with one attached hydrogen (secondary N) is 1. The van der Waals surface area contributed by atoms with Crippen molar-refractivity contribution >= 4 is 5.91 Å². The molecule has 138 valence electrons. The third-order valence-corrected chi connectivity index (χ3v) is 6.43. The molecule has 3 fully saturated rings. The van der Waals surface area contributed by atoms with Crippen molar-refractivity contribution < 1.29 is 14.6 Å². The molecule has 3 aliphatic rings. The maximum Gasteiger partial charge on any atom is 0.257 e. The van der Waals surface area contributed by atoms with E-state index in [-0.39, 0.29) is 5.91 Å². The summed E-state index contributed by atoms with van der Waals surface area (Å²) in [6, 6.07) is 0. The van der Waals surface area contributed by atoms with E-state index < -0.39 is 11.7 Å². The molecule has 2 saturated heterocycles. The molecule has 1 atom stereocenters. The number of H-pyrrole nitrogens is 1. The number of ether oxygens (including phenoxy) is 1. The topological polar surface area (TPSA) is 78.5 Å². The Morgan fingerprint density at radius 1 is 1.20 bits per heavy atom. The highest BCUT2D eigenvalue weighted by atomic mass is 16.5. The van der Waals surface area contributed by atoms with Crippen LogP contribution in [0, 0.1) is 0 Å². The van der Waals surface area contributed by atoms with E-state index in [1.807, 2.05) is 4.90 Å². The highest BCUT2D eigenvalue weighted by Gasteiger charge is 2.44. The van der Waals surface area contributed by atoms with E-state index in [1.54, 1.807) is 6.20 Å². The summed E-state index contributed by atoms with van der Waals surface area (Å²) >= 11 is 0. The normalized spacial score (nSPS) is 27.6. The SMILES string of the molecule is O=C(c1cn[nH]c1C1CCCCC1)N1CCC2(CC1)OCCCC2O. The van der Waals surface area contributed by atoms with Crippen LogP contribution >= 0.6 is 0 Å². The predicted octanol–water partition coefficient (Wildman–Crippen LogP) is 2.60. The van der Waals surface area contributed by atoms with Gasteiger partial charge in [0.05, 0.1) is 29.2 Å². The van der Waals surface area contributed by atoms with Crippen LogP contribution in [-0.2, 0) is 4.74 Å². The van der Waals surface area contributed by atoms with Crippen molar-refractivity contribution in [2.75, 3.05) is 19.7 Å². The fourth-order valence-corrected chi connectivity index (χ4v) is 4.82. The quantitative estimate of drug-likeness (QED) is 0.862. The zero-order valence-electron chi connectivity index (χ0n) is 14.9. The smallest absolute Gasteiger partial charge is 0.257 e. The average Bonchev–Trinajstić information content (AvgIpc) is 3.15. The van der Waals surface area contributed by atoms with Gasteiger partial charge in [0.15, 0.2) is 0 Å². The Labute approximate surface area is 148 Å². The molecule has 3 heterocycles. The number of hydrogen-bond acceptors (Lipinski definition) is 4. The van der Waals surface area contributed by atoms with E-state index in [4.69, 9.17) is 4.74 Å². The molecule has 6 heteroatoms. The summed E-state index contributed by atoms with van der Waals surface area (Å²) < 4.78 is 5.95. The van der Waals surface area contributed by atoms with Gasteiger partial charge in [-0.2, -0.15) is 5.10 Å². The number of carbonyl (C=O) groups excluding carboxylic acids is 1. The monoisotopic (exact) mass is 347 g/mol.